The first-order chi connectivity index (χ1) is 9.11. The second kappa shape index (κ2) is 6.35. The first-order valence-electron chi connectivity index (χ1n) is 6.50. The Morgan fingerprint density at radius 3 is 3.00 bits per heavy atom. The molecule has 1 amide bonds. The van der Waals surface area contributed by atoms with E-state index in [4.69, 9.17) is 11.6 Å². The van der Waals surface area contributed by atoms with Crippen molar-refractivity contribution in [2.24, 2.45) is 5.92 Å². The summed E-state index contributed by atoms with van der Waals surface area (Å²) in [7, 11) is 1.65. The van der Waals surface area contributed by atoms with Gasteiger partial charge in [-0.2, -0.15) is 0 Å². The van der Waals surface area contributed by atoms with Crippen molar-refractivity contribution in [3.05, 3.63) is 34.6 Å². The summed E-state index contributed by atoms with van der Waals surface area (Å²) in [6.07, 6.45) is 2.89. The van der Waals surface area contributed by atoms with E-state index in [1.807, 2.05) is 0 Å². The van der Waals surface area contributed by atoms with E-state index in [9.17, 15) is 9.18 Å². The van der Waals surface area contributed by atoms with E-state index in [0.717, 1.165) is 24.8 Å². The summed E-state index contributed by atoms with van der Waals surface area (Å²) in [6.45, 7) is 0.481. The Balaban J connectivity index is 1.98. The average molecular weight is 285 g/mol. The maximum Gasteiger partial charge on any atom is 0.224 e. The van der Waals surface area contributed by atoms with Crippen molar-refractivity contribution in [2.75, 3.05) is 7.05 Å². The van der Waals surface area contributed by atoms with Crippen molar-refractivity contribution in [2.45, 2.75) is 31.8 Å². The monoisotopic (exact) mass is 284 g/mol. The fourth-order valence-corrected chi connectivity index (χ4v) is 2.81. The Morgan fingerprint density at radius 2 is 2.26 bits per heavy atom. The molecule has 1 aromatic carbocycles. The lowest BCUT2D eigenvalue weighted by Gasteiger charge is -2.20. The molecule has 0 radical (unpaired) electrons. The lowest BCUT2D eigenvalue weighted by Crippen LogP contribution is -2.40. The topological polar surface area (TPSA) is 41.1 Å². The van der Waals surface area contributed by atoms with Crippen LogP contribution in [0.25, 0.3) is 0 Å². The minimum Gasteiger partial charge on any atom is -0.359 e. The van der Waals surface area contributed by atoms with Gasteiger partial charge in [-0.05, 0) is 36.6 Å². The number of hydrogen-bond acceptors (Lipinski definition) is 2. The van der Waals surface area contributed by atoms with E-state index < -0.39 is 0 Å². The fourth-order valence-electron chi connectivity index (χ4n) is 2.62. The summed E-state index contributed by atoms with van der Waals surface area (Å²) in [4.78, 5) is 11.7. The molecule has 0 aromatic heterocycles. The average Bonchev–Trinajstić information content (AvgIpc) is 2.87. The molecule has 0 bridgehead atoms. The van der Waals surface area contributed by atoms with Gasteiger partial charge >= 0.3 is 0 Å². The minimum absolute atomic E-state index is 0.00247. The molecule has 1 saturated carbocycles. The highest BCUT2D eigenvalue weighted by molar-refractivity contribution is 6.31. The van der Waals surface area contributed by atoms with E-state index in [0.29, 0.717) is 11.6 Å². The Labute approximate surface area is 117 Å². The fraction of sp³-hybridized carbons (Fsp3) is 0.500. The Bertz CT molecular complexity index is 467. The van der Waals surface area contributed by atoms with E-state index in [2.05, 4.69) is 10.6 Å². The normalized spacial score (nSPS) is 22.5. The molecule has 1 aliphatic rings. The van der Waals surface area contributed by atoms with Crippen LogP contribution in [-0.2, 0) is 11.3 Å². The van der Waals surface area contributed by atoms with Gasteiger partial charge in [-0.1, -0.05) is 18.0 Å². The molecule has 0 heterocycles. The number of amides is 1. The SMILES string of the molecule is CNC(=O)[C@H]1CCC[C@H]1NCc1cc(F)ccc1Cl. The number of halogens is 2. The van der Waals surface area contributed by atoms with E-state index in [1.54, 1.807) is 13.1 Å². The van der Waals surface area contributed by atoms with Gasteiger partial charge in [-0.15, -0.1) is 0 Å². The van der Waals surface area contributed by atoms with Crippen LogP contribution in [0.1, 0.15) is 24.8 Å². The lowest BCUT2D eigenvalue weighted by molar-refractivity contribution is -0.124. The van der Waals surface area contributed by atoms with Crippen LogP contribution in [0.2, 0.25) is 5.02 Å². The predicted octanol–water partition coefficient (Wildman–Crippen LogP) is 2.48. The van der Waals surface area contributed by atoms with Gasteiger partial charge in [0.1, 0.15) is 5.82 Å². The van der Waals surface area contributed by atoms with Crippen molar-refractivity contribution in [1.82, 2.24) is 10.6 Å². The number of carbonyl (C=O) groups is 1. The van der Waals surface area contributed by atoms with Gasteiger partial charge in [-0.3, -0.25) is 4.79 Å². The highest BCUT2D eigenvalue weighted by atomic mass is 35.5. The molecule has 1 fully saturated rings. The molecule has 19 heavy (non-hydrogen) atoms. The summed E-state index contributed by atoms with van der Waals surface area (Å²) in [5, 5.41) is 6.55. The second-order valence-electron chi connectivity index (χ2n) is 4.87. The molecule has 2 rings (SSSR count). The van der Waals surface area contributed by atoms with Gasteiger partial charge in [0.2, 0.25) is 5.91 Å². The number of carbonyl (C=O) groups excluding carboxylic acids is 1. The van der Waals surface area contributed by atoms with Crippen LogP contribution in [0.5, 0.6) is 0 Å². The molecule has 2 atom stereocenters. The molecule has 2 N–H and O–H groups in total. The van der Waals surface area contributed by atoms with Crippen LogP contribution in [0.3, 0.4) is 0 Å². The third-order valence-corrected chi connectivity index (χ3v) is 4.03. The molecular formula is C14H18ClFN2O. The molecule has 3 nitrogen and oxygen atoms in total. The number of hydrogen-bond donors (Lipinski definition) is 2. The van der Waals surface area contributed by atoms with Gasteiger partial charge in [0.05, 0.1) is 5.92 Å². The second-order valence-corrected chi connectivity index (χ2v) is 5.28. The zero-order chi connectivity index (χ0) is 13.8. The van der Waals surface area contributed by atoms with Gasteiger partial charge in [0.25, 0.3) is 0 Å². The van der Waals surface area contributed by atoms with Crippen molar-refractivity contribution < 1.29 is 9.18 Å². The van der Waals surface area contributed by atoms with Gasteiger partial charge in [0.15, 0.2) is 0 Å². The summed E-state index contributed by atoms with van der Waals surface area (Å²) < 4.78 is 13.2. The van der Waals surface area contributed by atoms with Crippen molar-refractivity contribution in [3.63, 3.8) is 0 Å². The van der Waals surface area contributed by atoms with Crippen LogP contribution in [0.15, 0.2) is 18.2 Å². The molecule has 0 aliphatic heterocycles. The standard InChI is InChI=1S/C14H18ClFN2O/c1-17-14(19)11-3-2-4-13(11)18-8-9-7-10(16)5-6-12(9)15/h5-7,11,13,18H,2-4,8H2,1H3,(H,17,19)/t11-,13+/m0/s1. The Hall–Kier alpha value is -1.13. The number of nitrogens with one attached hydrogen (secondary N) is 2. The molecule has 1 aliphatic carbocycles. The van der Waals surface area contributed by atoms with Crippen molar-refractivity contribution >= 4 is 17.5 Å². The van der Waals surface area contributed by atoms with Gasteiger partial charge < -0.3 is 10.6 Å². The molecule has 1 aromatic rings. The first kappa shape index (κ1) is 14.3. The Morgan fingerprint density at radius 1 is 1.47 bits per heavy atom. The van der Waals surface area contributed by atoms with E-state index >= 15 is 0 Å². The summed E-state index contributed by atoms with van der Waals surface area (Å²) in [5.74, 6) is -0.229. The van der Waals surface area contributed by atoms with Crippen molar-refractivity contribution in [3.8, 4) is 0 Å². The maximum atomic E-state index is 13.2. The van der Waals surface area contributed by atoms with E-state index in [-0.39, 0.29) is 23.7 Å². The van der Waals surface area contributed by atoms with Crippen molar-refractivity contribution in [1.29, 1.82) is 0 Å². The third kappa shape index (κ3) is 3.45. The lowest BCUT2D eigenvalue weighted by atomic mass is 10.0. The van der Waals surface area contributed by atoms with Crippen LogP contribution >= 0.6 is 11.6 Å². The smallest absolute Gasteiger partial charge is 0.224 e. The zero-order valence-corrected chi connectivity index (χ0v) is 11.6. The van der Waals surface area contributed by atoms with Crippen LogP contribution in [0.4, 0.5) is 4.39 Å². The number of rotatable bonds is 4. The van der Waals surface area contributed by atoms with Crippen LogP contribution < -0.4 is 10.6 Å². The predicted molar refractivity (Wildman–Crippen MR) is 73.4 cm³/mol. The highest BCUT2D eigenvalue weighted by Gasteiger charge is 2.31. The summed E-state index contributed by atoms with van der Waals surface area (Å²) >= 11 is 6.02. The van der Waals surface area contributed by atoms with E-state index in [1.165, 1.54) is 12.1 Å². The quantitative estimate of drug-likeness (QED) is 0.892. The Kier molecular flexibility index (Phi) is 4.77. The molecule has 104 valence electrons. The van der Waals surface area contributed by atoms with Gasteiger partial charge in [-0.25, -0.2) is 4.39 Å². The van der Waals surface area contributed by atoms with Crippen LogP contribution in [-0.4, -0.2) is 19.0 Å². The molecular weight excluding hydrogens is 267 g/mol. The first-order valence-corrected chi connectivity index (χ1v) is 6.88. The largest absolute Gasteiger partial charge is 0.359 e. The zero-order valence-electron chi connectivity index (χ0n) is 10.9. The molecule has 5 heteroatoms. The minimum atomic E-state index is -0.296. The highest BCUT2D eigenvalue weighted by Crippen LogP contribution is 2.26. The summed E-state index contributed by atoms with van der Waals surface area (Å²) in [6, 6.07) is 4.46. The van der Waals surface area contributed by atoms with Gasteiger partial charge in [0, 0.05) is 24.7 Å². The maximum absolute atomic E-state index is 13.2. The van der Waals surface area contributed by atoms with Crippen LogP contribution in [0, 0.1) is 11.7 Å². The third-order valence-electron chi connectivity index (χ3n) is 3.66. The molecule has 0 unspecified atom stereocenters. The molecule has 0 spiro atoms. The number of benzene rings is 1. The summed E-state index contributed by atoms with van der Waals surface area (Å²) in [5.41, 5.74) is 0.726. The molecule has 0 saturated heterocycles.